The van der Waals surface area contributed by atoms with Crippen molar-refractivity contribution in [1.29, 1.82) is 0 Å². The molecular formula is C16H21ClN4O3S2. The minimum Gasteiger partial charge on any atom is -0.234 e. The Morgan fingerprint density at radius 3 is 2.46 bits per heavy atom. The lowest BCUT2D eigenvalue weighted by molar-refractivity contribution is 0.503. The van der Waals surface area contributed by atoms with Crippen LogP contribution < -0.4 is 0 Å². The Bertz CT molecular complexity index is 960. The Hall–Kier alpha value is -1.55. The van der Waals surface area contributed by atoms with E-state index in [2.05, 4.69) is 9.50 Å². The quantitative estimate of drug-likeness (QED) is 0.701. The van der Waals surface area contributed by atoms with Crippen molar-refractivity contribution in [2.24, 2.45) is 4.40 Å². The predicted octanol–water partition coefficient (Wildman–Crippen LogP) is 2.49. The molecule has 0 saturated heterocycles. The van der Waals surface area contributed by atoms with Gasteiger partial charge in [-0.05, 0) is 39.0 Å². The van der Waals surface area contributed by atoms with Crippen LogP contribution in [0.2, 0.25) is 5.02 Å². The van der Waals surface area contributed by atoms with Crippen molar-refractivity contribution in [2.45, 2.75) is 25.5 Å². The highest BCUT2D eigenvalue weighted by Gasteiger charge is 2.23. The number of hydrogen-bond acceptors (Lipinski definition) is 4. The number of aromatic nitrogens is 2. The normalized spacial score (nSPS) is 14.7. The molecule has 0 amide bonds. The molecule has 0 spiro atoms. The third kappa shape index (κ3) is 4.59. The summed E-state index contributed by atoms with van der Waals surface area (Å²) in [6.45, 7) is 5.41. The van der Waals surface area contributed by atoms with Crippen molar-refractivity contribution >= 4 is 38.5 Å². The van der Waals surface area contributed by atoms with E-state index in [1.54, 1.807) is 45.0 Å². The molecular weight excluding hydrogens is 396 g/mol. The van der Waals surface area contributed by atoms with Crippen LogP contribution in [0.25, 0.3) is 0 Å². The molecule has 0 aliphatic rings. The molecule has 1 unspecified atom stereocenters. The fourth-order valence-electron chi connectivity index (χ4n) is 1.83. The molecule has 7 nitrogen and oxygen atoms in total. The zero-order valence-electron chi connectivity index (χ0n) is 15.2. The maximum Gasteiger partial charge on any atom is 0.322 e. The van der Waals surface area contributed by atoms with Crippen molar-refractivity contribution in [3.05, 3.63) is 52.8 Å². The Labute approximate surface area is 161 Å². The van der Waals surface area contributed by atoms with E-state index in [1.165, 1.54) is 26.4 Å². The lowest BCUT2D eigenvalue weighted by Gasteiger charge is -2.15. The third-order valence-corrected chi connectivity index (χ3v) is 6.53. The summed E-state index contributed by atoms with van der Waals surface area (Å²) >= 11 is 6.06. The lowest BCUT2D eigenvalue weighted by Crippen LogP contribution is -2.29. The van der Waals surface area contributed by atoms with Crippen LogP contribution in [-0.4, -0.2) is 50.7 Å². The second-order valence-corrected chi connectivity index (χ2v) is 11.0. The highest BCUT2D eigenvalue weighted by molar-refractivity contribution is 7.87. The van der Waals surface area contributed by atoms with Crippen molar-refractivity contribution in [2.75, 3.05) is 14.1 Å². The van der Waals surface area contributed by atoms with Gasteiger partial charge >= 0.3 is 10.2 Å². The molecule has 0 saturated carbocycles. The molecule has 1 aromatic carbocycles. The van der Waals surface area contributed by atoms with Gasteiger partial charge in [0, 0.05) is 30.9 Å². The van der Waals surface area contributed by atoms with Gasteiger partial charge in [-0.25, -0.2) is 4.21 Å². The van der Waals surface area contributed by atoms with Gasteiger partial charge < -0.3 is 0 Å². The minimum atomic E-state index is -3.75. The Morgan fingerprint density at radius 2 is 1.92 bits per heavy atom. The second-order valence-electron chi connectivity index (χ2n) is 6.68. The molecule has 142 valence electrons. The van der Waals surface area contributed by atoms with Crippen LogP contribution in [0, 0.1) is 0 Å². The van der Waals surface area contributed by atoms with Crippen LogP contribution >= 0.6 is 11.6 Å². The van der Waals surface area contributed by atoms with Crippen LogP contribution in [0.4, 0.5) is 0 Å². The summed E-state index contributed by atoms with van der Waals surface area (Å²) in [7, 11) is -2.49. The largest absolute Gasteiger partial charge is 0.322 e. The first-order chi connectivity index (χ1) is 11.9. The first-order valence-electron chi connectivity index (χ1n) is 7.68. The summed E-state index contributed by atoms with van der Waals surface area (Å²) in [5.41, 5.74) is 1.20. The Morgan fingerprint density at radius 1 is 1.27 bits per heavy atom. The summed E-state index contributed by atoms with van der Waals surface area (Å²) in [5.74, 6) is 0. The van der Waals surface area contributed by atoms with Gasteiger partial charge in [0.1, 0.15) is 22.4 Å². The Kier molecular flexibility index (Phi) is 6.06. The van der Waals surface area contributed by atoms with Gasteiger partial charge in [0.2, 0.25) is 0 Å². The van der Waals surface area contributed by atoms with Gasteiger partial charge in [-0.2, -0.15) is 26.3 Å². The molecule has 0 bridgehead atoms. The summed E-state index contributed by atoms with van der Waals surface area (Å²) in [4.78, 5) is 0. The van der Waals surface area contributed by atoms with Gasteiger partial charge in [-0.1, -0.05) is 23.7 Å². The summed E-state index contributed by atoms with van der Waals surface area (Å²) < 4.78 is 42.7. The zero-order chi connectivity index (χ0) is 19.7. The number of halogens is 1. The maximum atomic E-state index is 12.5. The van der Waals surface area contributed by atoms with Crippen molar-refractivity contribution in [3.8, 4) is 0 Å². The second kappa shape index (κ2) is 7.59. The van der Waals surface area contributed by atoms with Crippen molar-refractivity contribution < 1.29 is 12.6 Å². The van der Waals surface area contributed by atoms with E-state index in [-0.39, 0.29) is 5.69 Å². The molecule has 0 radical (unpaired) electrons. The molecule has 2 aromatic rings. The van der Waals surface area contributed by atoms with Crippen molar-refractivity contribution in [1.82, 2.24) is 13.5 Å². The number of nitrogens with zero attached hydrogens (tertiary/aromatic N) is 4. The minimum absolute atomic E-state index is 0.287. The van der Waals surface area contributed by atoms with E-state index in [4.69, 9.17) is 11.6 Å². The molecule has 0 fully saturated rings. The number of hydrogen-bond donors (Lipinski definition) is 0. The molecule has 0 aliphatic carbocycles. The Balaban J connectivity index is 2.61. The van der Waals surface area contributed by atoms with Gasteiger partial charge in [-0.15, -0.1) is 0 Å². The average molecular weight is 417 g/mol. The molecule has 0 N–H and O–H groups in total. The van der Waals surface area contributed by atoms with E-state index in [9.17, 15) is 12.6 Å². The smallest absolute Gasteiger partial charge is 0.234 e. The highest BCUT2D eigenvalue weighted by Crippen LogP contribution is 2.19. The van der Waals surface area contributed by atoms with E-state index >= 15 is 0 Å². The first-order valence-corrected chi connectivity index (χ1v) is 10.6. The average Bonchev–Trinajstić information content (AvgIpc) is 3.01. The molecule has 1 heterocycles. The SMILES string of the molecule is CN(C)S(=O)(=O)n1ccc(C(=NS(=O)C(C)(C)C)c2cccc(Cl)c2)n1. The van der Waals surface area contributed by atoms with Crippen LogP contribution in [-0.2, 0) is 21.2 Å². The van der Waals surface area contributed by atoms with Gasteiger partial charge in [0.05, 0.1) is 4.75 Å². The molecule has 2 rings (SSSR count). The van der Waals surface area contributed by atoms with Crippen LogP contribution in [0.1, 0.15) is 32.0 Å². The number of benzene rings is 1. The third-order valence-electron chi connectivity index (χ3n) is 3.30. The molecule has 1 aromatic heterocycles. The first kappa shape index (κ1) is 20.8. The molecule has 1 atom stereocenters. The fourth-order valence-corrected chi connectivity index (χ4v) is 3.40. The monoisotopic (exact) mass is 416 g/mol. The topological polar surface area (TPSA) is 84.6 Å². The predicted molar refractivity (Wildman–Crippen MR) is 105 cm³/mol. The van der Waals surface area contributed by atoms with Crippen molar-refractivity contribution in [3.63, 3.8) is 0 Å². The zero-order valence-corrected chi connectivity index (χ0v) is 17.6. The van der Waals surface area contributed by atoms with E-state index in [0.717, 1.165) is 8.39 Å². The molecule has 26 heavy (non-hydrogen) atoms. The van der Waals surface area contributed by atoms with Gasteiger partial charge in [0.25, 0.3) is 0 Å². The van der Waals surface area contributed by atoms with Crippen LogP contribution in [0.3, 0.4) is 0 Å². The van der Waals surface area contributed by atoms with Gasteiger partial charge in [0.15, 0.2) is 0 Å². The summed E-state index contributed by atoms with van der Waals surface area (Å²) in [6.07, 6.45) is 1.32. The molecule has 0 aliphatic heterocycles. The fraction of sp³-hybridized carbons (Fsp3) is 0.375. The van der Waals surface area contributed by atoms with Crippen LogP contribution in [0.5, 0.6) is 0 Å². The van der Waals surface area contributed by atoms with Gasteiger partial charge in [-0.3, -0.25) is 0 Å². The number of rotatable bonds is 5. The molecule has 10 heteroatoms. The standard InChI is InChI=1S/C16H21ClN4O3S2/c1-16(2,3)25(22)19-15(12-7-6-8-13(17)11-12)14-9-10-21(18-14)26(23,24)20(4)5/h6-11H,1-5H3. The summed E-state index contributed by atoms with van der Waals surface area (Å²) in [6, 6.07) is 8.38. The maximum absolute atomic E-state index is 12.5. The van der Waals surface area contributed by atoms with Crippen LogP contribution in [0.15, 0.2) is 40.9 Å². The summed E-state index contributed by atoms with van der Waals surface area (Å²) in [5, 5.41) is 4.61. The highest BCUT2D eigenvalue weighted by atomic mass is 35.5. The van der Waals surface area contributed by atoms with E-state index < -0.39 is 25.9 Å². The van der Waals surface area contributed by atoms with E-state index in [1.807, 2.05) is 0 Å². The van der Waals surface area contributed by atoms with E-state index in [0.29, 0.717) is 16.3 Å². The lowest BCUT2D eigenvalue weighted by atomic mass is 10.1.